The van der Waals surface area contributed by atoms with Crippen molar-refractivity contribution in [3.05, 3.63) is 16.6 Å². The van der Waals surface area contributed by atoms with Crippen molar-refractivity contribution in [2.45, 2.75) is 45.6 Å². The predicted octanol–water partition coefficient (Wildman–Crippen LogP) is 2.78. The summed E-state index contributed by atoms with van der Waals surface area (Å²) >= 11 is 1.71. The zero-order chi connectivity index (χ0) is 12.3. The molecule has 0 aliphatic carbocycles. The fourth-order valence-corrected chi connectivity index (χ4v) is 2.71. The van der Waals surface area contributed by atoms with Crippen molar-refractivity contribution in [2.24, 2.45) is 11.7 Å². The Balaban J connectivity index is 2.01. The van der Waals surface area contributed by atoms with E-state index in [2.05, 4.69) is 17.2 Å². The Morgan fingerprint density at radius 1 is 1.41 bits per heavy atom. The first-order valence-corrected chi connectivity index (χ1v) is 7.54. The topological polar surface area (TPSA) is 50.9 Å². The second kappa shape index (κ2) is 9.57. The highest BCUT2D eigenvalue weighted by molar-refractivity contribution is 7.09. The quantitative estimate of drug-likeness (QED) is 0.632. The number of aromatic nitrogens is 1. The van der Waals surface area contributed by atoms with Gasteiger partial charge < -0.3 is 11.1 Å². The molecule has 3 N–H and O–H groups in total. The second-order valence-corrected chi connectivity index (χ2v) is 5.46. The van der Waals surface area contributed by atoms with Crippen molar-refractivity contribution in [3.63, 3.8) is 0 Å². The first kappa shape index (κ1) is 14.6. The summed E-state index contributed by atoms with van der Waals surface area (Å²) in [5, 5.41) is 6.65. The van der Waals surface area contributed by atoms with Gasteiger partial charge in [0.05, 0.1) is 0 Å². The zero-order valence-corrected chi connectivity index (χ0v) is 11.6. The zero-order valence-electron chi connectivity index (χ0n) is 10.8. The highest BCUT2D eigenvalue weighted by atomic mass is 32.1. The van der Waals surface area contributed by atoms with Crippen LogP contribution in [0.1, 0.15) is 44.0 Å². The number of rotatable bonds is 10. The largest absolute Gasteiger partial charge is 0.330 e. The second-order valence-electron chi connectivity index (χ2n) is 4.48. The molecule has 0 fully saturated rings. The minimum atomic E-state index is 0.826. The molecule has 1 atom stereocenters. The number of nitrogens with two attached hydrogens (primary N) is 1. The van der Waals surface area contributed by atoms with Gasteiger partial charge >= 0.3 is 0 Å². The Labute approximate surface area is 109 Å². The van der Waals surface area contributed by atoms with E-state index >= 15 is 0 Å². The van der Waals surface area contributed by atoms with Crippen LogP contribution >= 0.6 is 11.3 Å². The lowest BCUT2D eigenvalue weighted by Crippen LogP contribution is -2.16. The summed E-state index contributed by atoms with van der Waals surface area (Å²) in [6.07, 6.45) is 8.19. The van der Waals surface area contributed by atoms with Gasteiger partial charge in [0, 0.05) is 18.1 Å². The number of nitrogens with one attached hydrogen (secondary N) is 1. The normalized spacial score (nSPS) is 12.8. The minimum absolute atomic E-state index is 0.826. The maximum Gasteiger partial charge on any atom is 0.106 e. The smallest absolute Gasteiger partial charge is 0.106 e. The molecule has 1 aromatic heterocycles. The fourth-order valence-electron chi connectivity index (χ4n) is 2.13. The van der Waals surface area contributed by atoms with E-state index in [1.54, 1.807) is 11.3 Å². The van der Waals surface area contributed by atoms with E-state index < -0.39 is 0 Å². The molecule has 0 aromatic carbocycles. The summed E-state index contributed by atoms with van der Waals surface area (Å²) in [5.41, 5.74) is 5.63. The third kappa shape index (κ3) is 6.76. The molecule has 1 unspecified atom stereocenters. The van der Waals surface area contributed by atoms with Crippen LogP contribution in [0.3, 0.4) is 0 Å². The summed E-state index contributed by atoms with van der Waals surface area (Å²) < 4.78 is 0. The molecular formula is C13H25N3S. The monoisotopic (exact) mass is 255 g/mol. The molecule has 0 radical (unpaired) electrons. The van der Waals surface area contributed by atoms with E-state index in [1.807, 2.05) is 11.6 Å². The van der Waals surface area contributed by atoms with Gasteiger partial charge in [0.25, 0.3) is 0 Å². The van der Waals surface area contributed by atoms with E-state index in [9.17, 15) is 0 Å². The Hall–Kier alpha value is -0.450. The first-order valence-electron chi connectivity index (χ1n) is 6.66. The lowest BCUT2D eigenvalue weighted by molar-refractivity contribution is 0.403. The molecule has 0 bridgehead atoms. The van der Waals surface area contributed by atoms with Crippen molar-refractivity contribution in [1.29, 1.82) is 0 Å². The van der Waals surface area contributed by atoms with Gasteiger partial charge in [-0.25, -0.2) is 4.98 Å². The molecule has 1 rings (SSSR count). The van der Waals surface area contributed by atoms with Gasteiger partial charge in [-0.2, -0.15) is 0 Å². The van der Waals surface area contributed by atoms with Crippen LogP contribution in [0, 0.1) is 5.92 Å². The van der Waals surface area contributed by atoms with E-state index in [1.165, 1.54) is 37.1 Å². The molecule has 4 heteroatoms. The standard InChI is InChI=1S/C13H25N3S/c1-2-4-12(6-7-14)5-3-8-15-11-13-16-9-10-17-13/h9-10,12,15H,2-8,11,14H2,1H3. The highest BCUT2D eigenvalue weighted by Crippen LogP contribution is 2.16. The summed E-state index contributed by atoms with van der Waals surface area (Å²) in [4.78, 5) is 4.25. The molecule has 1 aromatic rings. The molecule has 1 heterocycles. The third-order valence-electron chi connectivity index (χ3n) is 3.00. The van der Waals surface area contributed by atoms with E-state index in [4.69, 9.17) is 5.73 Å². The number of hydrogen-bond donors (Lipinski definition) is 2. The minimum Gasteiger partial charge on any atom is -0.330 e. The molecule has 98 valence electrons. The average molecular weight is 255 g/mol. The summed E-state index contributed by atoms with van der Waals surface area (Å²) in [7, 11) is 0. The van der Waals surface area contributed by atoms with Crippen LogP contribution in [0.4, 0.5) is 0 Å². The lowest BCUT2D eigenvalue weighted by Gasteiger charge is -2.14. The van der Waals surface area contributed by atoms with Crippen molar-refractivity contribution < 1.29 is 0 Å². The van der Waals surface area contributed by atoms with Gasteiger partial charge in [0.15, 0.2) is 0 Å². The van der Waals surface area contributed by atoms with Crippen molar-refractivity contribution in [3.8, 4) is 0 Å². The Morgan fingerprint density at radius 3 is 2.94 bits per heavy atom. The van der Waals surface area contributed by atoms with Gasteiger partial charge in [-0.05, 0) is 38.3 Å². The average Bonchev–Trinajstić information content (AvgIpc) is 2.82. The van der Waals surface area contributed by atoms with Gasteiger partial charge in [-0.15, -0.1) is 11.3 Å². The molecule has 0 saturated carbocycles. The summed E-state index contributed by atoms with van der Waals surface area (Å²) in [6, 6.07) is 0. The molecule has 17 heavy (non-hydrogen) atoms. The maximum absolute atomic E-state index is 5.63. The first-order chi connectivity index (χ1) is 8.36. The van der Waals surface area contributed by atoms with Crippen LogP contribution < -0.4 is 11.1 Å². The van der Waals surface area contributed by atoms with E-state index in [0.29, 0.717) is 0 Å². The predicted molar refractivity (Wildman–Crippen MR) is 75.1 cm³/mol. The molecule has 0 aliphatic rings. The van der Waals surface area contributed by atoms with E-state index in [-0.39, 0.29) is 0 Å². The van der Waals surface area contributed by atoms with Crippen LogP contribution in [-0.4, -0.2) is 18.1 Å². The van der Waals surface area contributed by atoms with Gasteiger partial charge in [0.1, 0.15) is 5.01 Å². The number of thiazole rings is 1. The summed E-state index contributed by atoms with van der Waals surface area (Å²) in [6.45, 7) is 5.08. The molecule has 0 saturated heterocycles. The van der Waals surface area contributed by atoms with Crippen molar-refractivity contribution in [2.75, 3.05) is 13.1 Å². The molecule has 3 nitrogen and oxygen atoms in total. The summed E-state index contributed by atoms with van der Waals surface area (Å²) in [5.74, 6) is 0.826. The van der Waals surface area contributed by atoms with Crippen molar-refractivity contribution >= 4 is 11.3 Å². The number of hydrogen-bond acceptors (Lipinski definition) is 4. The van der Waals surface area contributed by atoms with Gasteiger partial charge in [0.2, 0.25) is 0 Å². The van der Waals surface area contributed by atoms with Crippen LogP contribution in [0.25, 0.3) is 0 Å². The molecule has 0 aliphatic heterocycles. The van der Waals surface area contributed by atoms with E-state index in [0.717, 1.165) is 25.6 Å². The molecular weight excluding hydrogens is 230 g/mol. The lowest BCUT2D eigenvalue weighted by atomic mass is 9.94. The van der Waals surface area contributed by atoms with Crippen LogP contribution in [0.15, 0.2) is 11.6 Å². The van der Waals surface area contributed by atoms with Gasteiger partial charge in [-0.1, -0.05) is 19.8 Å². The fraction of sp³-hybridized carbons (Fsp3) is 0.769. The number of nitrogens with zero attached hydrogens (tertiary/aromatic N) is 1. The highest BCUT2D eigenvalue weighted by Gasteiger charge is 2.06. The third-order valence-corrected chi connectivity index (χ3v) is 3.78. The Morgan fingerprint density at radius 2 is 2.29 bits per heavy atom. The Kier molecular flexibility index (Phi) is 8.22. The molecule has 0 amide bonds. The maximum atomic E-state index is 5.63. The van der Waals surface area contributed by atoms with Gasteiger partial charge in [-0.3, -0.25) is 0 Å². The van der Waals surface area contributed by atoms with Crippen molar-refractivity contribution in [1.82, 2.24) is 10.3 Å². The Bertz CT molecular complexity index is 256. The van der Waals surface area contributed by atoms with Crippen LogP contribution in [0.5, 0.6) is 0 Å². The molecule has 0 spiro atoms. The van der Waals surface area contributed by atoms with Crippen LogP contribution in [-0.2, 0) is 6.54 Å². The van der Waals surface area contributed by atoms with Crippen LogP contribution in [0.2, 0.25) is 0 Å². The SMILES string of the molecule is CCCC(CCN)CCCNCc1nccs1.